The van der Waals surface area contributed by atoms with Crippen LogP contribution in [0, 0.1) is 11.8 Å². The summed E-state index contributed by atoms with van der Waals surface area (Å²) < 4.78 is 1.12. The fourth-order valence-electron chi connectivity index (χ4n) is 2.12. The molecule has 1 heterocycles. The smallest absolute Gasteiger partial charge is 0.243 e. The summed E-state index contributed by atoms with van der Waals surface area (Å²) in [4.78, 5) is 22.8. The van der Waals surface area contributed by atoms with E-state index in [9.17, 15) is 9.59 Å². The third kappa shape index (κ3) is 1.01. The number of rotatable bonds is 0. The van der Waals surface area contributed by atoms with Crippen LogP contribution < -0.4 is 0 Å². The quantitative estimate of drug-likeness (QED) is 0.468. The van der Waals surface area contributed by atoms with Crippen molar-refractivity contribution in [1.29, 1.82) is 0 Å². The van der Waals surface area contributed by atoms with Gasteiger partial charge in [0.2, 0.25) is 11.8 Å². The number of carbonyl (C=O) groups is 2. The first-order valence-corrected chi connectivity index (χ1v) is 4.96. The molecule has 0 aromatic rings. The molecule has 0 spiro atoms. The van der Waals surface area contributed by atoms with Crippen LogP contribution in [0.25, 0.3) is 0 Å². The molecule has 1 aliphatic heterocycles. The topological polar surface area (TPSA) is 37.4 Å². The highest BCUT2D eigenvalue weighted by Gasteiger charge is 2.47. The van der Waals surface area contributed by atoms with E-state index < -0.39 is 0 Å². The molecule has 2 atom stereocenters. The van der Waals surface area contributed by atoms with Crippen LogP contribution >= 0.6 is 16.1 Å². The van der Waals surface area contributed by atoms with E-state index in [0.717, 1.165) is 29.6 Å². The zero-order chi connectivity index (χ0) is 8.72. The van der Waals surface area contributed by atoms with Crippen molar-refractivity contribution in [2.24, 2.45) is 11.8 Å². The summed E-state index contributed by atoms with van der Waals surface area (Å²) in [5.41, 5.74) is 0. The van der Waals surface area contributed by atoms with Crippen molar-refractivity contribution in [3.63, 3.8) is 0 Å². The van der Waals surface area contributed by atoms with Crippen LogP contribution in [0.15, 0.2) is 0 Å². The van der Waals surface area contributed by atoms with Gasteiger partial charge in [-0.3, -0.25) is 9.59 Å². The maximum absolute atomic E-state index is 11.4. The molecule has 0 N–H and O–H groups in total. The Morgan fingerprint density at radius 2 is 1.50 bits per heavy atom. The predicted octanol–water partition coefficient (Wildman–Crippen LogP) is 1.47. The normalized spacial score (nSPS) is 35.6. The highest BCUT2D eigenvalue weighted by Crippen LogP contribution is 2.38. The third-order valence-electron chi connectivity index (χ3n) is 2.79. The number of amides is 2. The molecule has 2 rings (SSSR count). The summed E-state index contributed by atoms with van der Waals surface area (Å²) in [7, 11) is 0. The number of nitrogens with zero attached hydrogens (tertiary/aromatic N) is 1. The van der Waals surface area contributed by atoms with Crippen molar-refractivity contribution < 1.29 is 9.59 Å². The number of hydrogen-bond acceptors (Lipinski definition) is 2. The summed E-state index contributed by atoms with van der Waals surface area (Å²) in [5.74, 6) is -0.120. The second-order valence-electron chi connectivity index (χ2n) is 3.45. The number of halogens is 1. The van der Waals surface area contributed by atoms with E-state index in [0.29, 0.717) is 0 Å². The molecule has 1 saturated carbocycles. The first kappa shape index (κ1) is 8.23. The van der Waals surface area contributed by atoms with Gasteiger partial charge in [0.1, 0.15) is 0 Å². The Labute approximate surface area is 79.4 Å². The molecule has 2 fully saturated rings. The maximum atomic E-state index is 11.4. The number of carbonyl (C=O) groups excluding carboxylic acids is 2. The molecule has 0 unspecified atom stereocenters. The molecule has 1 aliphatic carbocycles. The molecule has 0 aromatic heterocycles. The average molecular weight is 232 g/mol. The van der Waals surface area contributed by atoms with Gasteiger partial charge in [-0.1, -0.05) is 12.8 Å². The SMILES string of the molecule is O=C1[C@H]2CCCC[C@H]2C(=O)N1Br. The monoisotopic (exact) mass is 231 g/mol. The highest BCUT2D eigenvalue weighted by atomic mass is 79.9. The molecule has 3 nitrogen and oxygen atoms in total. The van der Waals surface area contributed by atoms with Crippen LogP contribution in [0.3, 0.4) is 0 Å². The van der Waals surface area contributed by atoms with E-state index in [4.69, 9.17) is 0 Å². The first-order valence-electron chi connectivity index (χ1n) is 4.25. The Kier molecular flexibility index (Phi) is 1.94. The van der Waals surface area contributed by atoms with Crippen LogP contribution in [-0.2, 0) is 9.59 Å². The fraction of sp³-hybridized carbons (Fsp3) is 0.750. The van der Waals surface area contributed by atoms with Crippen LogP contribution in [-0.4, -0.2) is 15.7 Å². The van der Waals surface area contributed by atoms with Gasteiger partial charge in [-0.2, -0.15) is 0 Å². The molecule has 2 aliphatic rings. The van der Waals surface area contributed by atoms with Crippen molar-refractivity contribution in [3.05, 3.63) is 0 Å². The molecule has 0 bridgehead atoms. The van der Waals surface area contributed by atoms with Gasteiger partial charge >= 0.3 is 0 Å². The van der Waals surface area contributed by atoms with Gasteiger partial charge in [-0.25, -0.2) is 3.93 Å². The van der Waals surface area contributed by atoms with Crippen molar-refractivity contribution >= 4 is 28.0 Å². The molecule has 2 amide bonds. The largest absolute Gasteiger partial charge is 0.273 e. The summed E-state index contributed by atoms with van der Waals surface area (Å²) in [6.45, 7) is 0. The zero-order valence-corrected chi connectivity index (χ0v) is 8.21. The van der Waals surface area contributed by atoms with Crippen LogP contribution in [0.4, 0.5) is 0 Å². The standard InChI is InChI=1S/C8H10BrNO2/c9-10-7(11)5-3-1-2-4-6(5)8(10)12/h5-6H,1-4H2/t5-,6+. The average Bonchev–Trinajstić information content (AvgIpc) is 2.33. The van der Waals surface area contributed by atoms with Gasteiger partial charge in [-0.05, 0) is 12.8 Å². The molecule has 1 saturated heterocycles. The molecule has 4 heteroatoms. The minimum absolute atomic E-state index is 0.0226. The lowest BCUT2D eigenvalue weighted by Crippen LogP contribution is -2.21. The Hall–Kier alpha value is -0.380. The molecule has 0 aromatic carbocycles. The van der Waals surface area contributed by atoms with Crippen molar-refractivity contribution in [2.75, 3.05) is 0 Å². The van der Waals surface area contributed by atoms with E-state index in [-0.39, 0.29) is 23.7 Å². The Morgan fingerprint density at radius 3 is 1.92 bits per heavy atom. The minimum atomic E-state index is -0.0373. The predicted molar refractivity (Wildman–Crippen MR) is 46.2 cm³/mol. The molecular formula is C8H10BrNO2. The fourth-order valence-corrected chi connectivity index (χ4v) is 2.65. The Morgan fingerprint density at radius 1 is 1.08 bits per heavy atom. The van der Waals surface area contributed by atoms with Gasteiger partial charge in [-0.15, -0.1) is 0 Å². The Balaban J connectivity index is 2.25. The summed E-state index contributed by atoms with van der Waals surface area (Å²) in [5, 5.41) is 0. The highest BCUT2D eigenvalue weighted by molar-refractivity contribution is 9.08. The number of imide groups is 1. The van der Waals surface area contributed by atoms with Gasteiger partial charge in [0.25, 0.3) is 0 Å². The zero-order valence-electron chi connectivity index (χ0n) is 6.62. The van der Waals surface area contributed by atoms with Gasteiger partial charge in [0, 0.05) is 0 Å². The Bertz CT molecular complexity index is 217. The molecule has 66 valence electrons. The van der Waals surface area contributed by atoms with Gasteiger partial charge < -0.3 is 0 Å². The molecule has 12 heavy (non-hydrogen) atoms. The molecule has 0 radical (unpaired) electrons. The van der Waals surface area contributed by atoms with Crippen LogP contribution in [0.1, 0.15) is 25.7 Å². The first-order chi connectivity index (χ1) is 5.72. The summed E-state index contributed by atoms with van der Waals surface area (Å²) in [6.07, 6.45) is 3.94. The summed E-state index contributed by atoms with van der Waals surface area (Å²) >= 11 is 2.99. The second-order valence-corrected chi connectivity index (χ2v) is 4.16. The summed E-state index contributed by atoms with van der Waals surface area (Å²) in [6, 6.07) is 0. The van der Waals surface area contributed by atoms with Crippen LogP contribution in [0.2, 0.25) is 0 Å². The minimum Gasteiger partial charge on any atom is -0.273 e. The van der Waals surface area contributed by atoms with E-state index in [1.807, 2.05) is 0 Å². The van der Waals surface area contributed by atoms with Gasteiger partial charge in [0.15, 0.2) is 0 Å². The lowest BCUT2D eigenvalue weighted by Gasteiger charge is -2.19. The number of hydrogen-bond donors (Lipinski definition) is 0. The third-order valence-corrected chi connectivity index (χ3v) is 3.49. The van der Waals surface area contributed by atoms with E-state index in [1.165, 1.54) is 0 Å². The van der Waals surface area contributed by atoms with E-state index in [1.54, 1.807) is 0 Å². The lowest BCUT2D eigenvalue weighted by molar-refractivity contribution is -0.132. The van der Waals surface area contributed by atoms with E-state index in [2.05, 4.69) is 16.1 Å². The maximum Gasteiger partial charge on any atom is 0.243 e. The van der Waals surface area contributed by atoms with Crippen molar-refractivity contribution in [2.45, 2.75) is 25.7 Å². The van der Waals surface area contributed by atoms with Crippen LogP contribution in [0.5, 0.6) is 0 Å². The second kappa shape index (κ2) is 2.83. The molecular weight excluding hydrogens is 222 g/mol. The van der Waals surface area contributed by atoms with E-state index >= 15 is 0 Å². The van der Waals surface area contributed by atoms with Crippen molar-refractivity contribution in [1.82, 2.24) is 3.93 Å². The van der Waals surface area contributed by atoms with Gasteiger partial charge in [0.05, 0.1) is 28.0 Å². The van der Waals surface area contributed by atoms with Crippen molar-refractivity contribution in [3.8, 4) is 0 Å². The number of fused-ring (bicyclic) bond motifs is 1. The lowest BCUT2D eigenvalue weighted by atomic mass is 9.81.